The maximum Gasteiger partial charge on any atom is 0.129 e. The predicted molar refractivity (Wildman–Crippen MR) is 54.9 cm³/mol. The summed E-state index contributed by atoms with van der Waals surface area (Å²) in [5, 5.41) is 3.32. The number of anilines is 1. The van der Waals surface area contributed by atoms with E-state index in [1.54, 1.807) is 0 Å². The second kappa shape index (κ2) is 3.60. The first-order valence-electron chi connectivity index (χ1n) is 4.74. The fourth-order valence-electron chi connectivity index (χ4n) is 1.63. The number of nitrogens with one attached hydrogen (secondary N) is 1. The quantitative estimate of drug-likeness (QED) is 0.695. The van der Waals surface area contributed by atoms with Crippen molar-refractivity contribution in [1.29, 1.82) is 0 Å². The monoisotopic (exact) mass is 174 g/mol. The van der Waals surface area contributed by atoms with Crippen LogP contribution in [0.2, 0.25) is 0 Å². The number of aromatic nitrogens is 1. The van der Waals surface area contributed by atoms with E-state index in [2.05, 4.69) is 29.0 Å². The molecule has 0 unspecified atom stereocenters. The Labute approximate surface area is 78.7 Å². The van der Waals surface area contributed by atoms with Gasteiger partial charge in [0.05, 0.1) is 0 Å². The Balaban J connectivity index is 2.29. The topological polar surface area (TPSA) is 24.9 Å². The second-order valence-electron chi connectivity index (χ2n) is 3.33. The molecule has 1 N–H and O–H groups in total. The average molecular weight is 174 g/mol. The van der Waals surface area contributed by atoms with Crippen molar-refractivity contribution in [2.75, 3.05) is 11.9 Å². The van der Waals surface area contributed by atoms with E-state index >= 15 is 0 Å². The Bertz CT molecular complexity index is 318. The summed E-state index contributed by atoms with van der Waals surface area (Å²) in [5.41, 5.74) is 2.45. The third-order valence-corrected chi connectivity index (χ3v) is 2.31. The standard InChI is InChI=1S/C11H14N2/c1-2-4-10-7-6-9-5-3-8-12-11(9)13-10/h2,6-7H,1,3-5,8H2,(H,12,13). The lowest BCUT2D eigenvalue weighted by Gasteiger charge is -2.17. The van der Waals surface area contributed by atoms with Gasteiger partial charge in [-0.3, -0.25) is 0 Å². The van der Waals surface area contributed by atoms with Crippen molar-refractivity contribution in [2.24, 2.45) is 0 Å². The SMILES string of the molecule is C=CCc1ccc2c(n1)NCCC2. The van der Waals surface area contributed by atoms with Gasteiger partial charge in [-0.2, -0.15) is 0 Å². The number of rotatable bonds is 2. The third-order valence-electron chi connectivity index (χ3n) is 2.31. The van der Waals surface area contributed by atoms with Gasteiger partial charge in [-0.1, -0.05) is 12.1 Å². The molecule has 2 rings (SSSR count). The van der Waals surface area contributed by atoms with E-state index < -0.39 is 0 Å². The summed E-state index contributed by atoms with van der Waals surface area (Å²) in [6.45, 7) is 4.76. The summed E-state index contributed by atoms with van der Waals surface area (Å²) in [7, 11) is 0. The lowest BCUT2D eigenvalue weighted by Crippen LogP contribution is -2.13. The van der Waals surface area contributed by atoms with Crippen LogP contribution in [-0.2, 0) is 12.8 Å². The smallest absolute Gasteiger partial charge is 0.129 e. The van der Waals surface area contributed by atoms with E-state index in [0.29, 0.717) is 0 Å². The molecule has 0 saturated carbocycles. The minimum absolute atomic E-state index is 0.856. The Morgan fingerprint density at radius 3 is 3.31 bits per heavy atom. The van der Waals surface area contributed by atoms with Crippen LogP contribution in [-0.4, -0.2) is 11.5 Å². The van der Waals surface area contributed by atoms with E-state index in [1.165, 1.54) is 12.0 Å². The van der Waals surface area contributed by atoms with Gasteiger partial charge in [-0.05, 0) is 24.5 Å². The summed E-state index contributed by atoms with van der Waals surface area (Å²) in [6.07, 6.45) is 5.12. The zero-order valence-electron chi connectivity index (χ0n) is 7.71. The summed E-state index contributed by atoms with van der Waals surface area (Å²) < 4.78 is 0. The predicted octanol–water partition coefficient (Wildman–Crippen LogP) is 2.17. The highest BCUT2D eigenvalue weighted by Crippen LogP contribution is 2.19. The highest BCUT2D eigenvalue weighted by atomic mass is 15.0. The number of allylic oxidation sites excluding steroid dienone is 1. The molecule has 0 spiro atoms. The molecule has 0 aromatic carbocycles. The van der Waals surface area contributed by atoms with E-state index in [9.17, 15) is 0 Å². The molecule has 0 aliphatic carbocycles. The molecule has 2 heteroatoms. The number of hydrogen-bond donors (Lipinski definition) is 1. The normalized spacial score (nSPS) is 14.5. The molecule has 1 aromatic heterocycles. The molecule has 1 aliphatic heterocycles. The van der Waals surface area contributed by atoms with Gasteiger partial charge in [0, 0.05) is 18.7 Å². The van der Waals surface area contributed by atoms with Crippen molar-refractivity contribution in [3.05, 3.63) is 36.0 Å². The minimum atomic E-state index is 0.856. The van der Waals surface area contributed by atoms with Gasteiger partial charge < -0.3 is 5.32 Å². The molecular weight excluding hydrogens is 160 g/mol. The molecule has 0 saturated heterocycles. The molecule has 2 nitrogen and oxygen atoms in total. The molecule has 2 heterocycles. The van der Waals surface area contributed by atoms with Crippen molar-refractivity contribution in [3.63, 3.8) is 0 Å². The Morgan fingerprint density at radius 1 is 1.54 bits per heavy atom. The molecule has 68 valence electrons. The van der Waals surface area contributed by atoms with Gasteiger partial charge >= 0.3 is 0 Å². The first-order valence-corrected chi connectivity index (χ1v) is 4.74. The van der Waals surface area contributed by atoms with E-state index in [-0.39, 0.29) is 0 Å². The molecule has 0 amide bonds. The van der Waals surface area contributed by atoms with Crippen LogP contribution in [0.4, 0.5) is 5.82 Å². The number of pyridine rings is 1. The van der Waals surface area contributed by atoms with Gasteiger partial charge in [0.25, 0.3) is 0 Å². The van der Waals surface area contributed by atoms with Crippen LogP contribution in [0, 0.1) is 0 Å². The summed E-state index contributed by atoms with van der Waals surface area (Å²) in [5.74, 6) is 1.07. The van der Waals surface area contributed by atoms with Crippen molar-refractivity contribution >= 4 is 5.82 Å². The van der Waals surface area contributed by atoms with Crippen LogP contribution in [0.1, 0.15) is 17.7 Å². The lowest BCUT2D eigenvalue weighted by atomic mass is 10.1. The van der Waals surface area contributed by atoms with Crippen molar-refractivity contribution < 1.29 is 0 Å². The molecule has 1 aromatic rings. The zero-order valence-corrected chi connectivity index (χ0v) is 7.71. The number of hydrogen-bond acceptors (Lipinski definition) is 2. The first kappa shape index (κ1) is 8.30. The van der Waals surface area contributed by atoms with Crippen LogP contribution < -0.4 is 5.32 Å². The first-order chi connectivity index (χ1) is 6.40. The fourth-order valence-corrected chi connectivity index (χ4v) is 1.63. The zero-order chi connectivity index (χ0) is 9.10. The maximum atomic E-state index is 4.52. The van der Waals surface area contributed by atoms with E-state index in [0.717, 1.165) is 30.9 Å². The van der Waals surface area contributed by atoms with Crippen LogP contribution >= 0.6 is 0 Å². The van der Waals surface area contributed by atoms with Crippen molar-refractivity contribution in [2.45, 2.75) is 19.3 Å². The summed E-state index contributed by atoms with van der Waals surface area (Å²) in [4.78, 5) is 4.52. The van der Waals surface area contributed by atoms with Crippen LogP contribution in [0.5, 0.6) is 0 Å². The Hall–Kier alpha value is -1.31. The minimum Gasteiger partial charge on any atom is -0.370 e. The largest absolute Gasteiger partial charge is 0.370 e. The maximum absolute atomic E-state index is 4.52. The molecule has 0 bridgehead atoms. The van der Waals surface area contributed by atoms with Crippen molar-refractivity contribution in [1.82, 2.24) is 4.98 Å². The Kier molecular flexibility index (Phi) is 2.30. The van der Waals surface area contributed by atoms with Gasteiger partial charge in [-0.25, -0.2) is 4.98 Å². The van der Waals surface area contributed by atoms with Crippen LogP contribution in [0.25, 0.3) is 0 Å². The number of nitrogens with zero attached hydrogens (tertiary/aromatic N) is 1. The van der Waals surface area contributed by atoms with E-state index in [1.807, 2.05) is 6.08 Å². The molecule has 0 fully saturated rings. The fraction of sp³-hybridized carbons (Fsp3) is 0.364. The molecular formula is C11H14N2. The molecule has 13 heavy (non-hydrogen) atoms. The van der Waals surface area contributed by atoms with Gasteiger partial charge in [-0.15, -0.1) is 6.58 Å². The van der Waals surface area contributed by atoms with Gasteiger partial charge in [0.15, 0.2) is 0 Å². The Morgan fingerprint density at radius 2 is 2.46 bits per heavy atom. The number of aryl methyl sites for hydroxylation is 1. The number of fused-ring (bicyclic) bond motifs is 1. The van der Waals surface area contributed by atoms with Crippen molar-refractivity contribution in [3.8, 4) is 0 Å². The summed E-state index contributed by atoms with van der Waals surface area (Å²) in [6, 6.07) is 4.26. The van der Waals surface area contributed by atoms with E-state index in [4.69, 9.17) is 0 Å². The average Bonchev–Trinajstić information content (AvgIpc) is 2.18. The van der Waals surface area contributed by atoms with Crippen LogP contribution in [0.3, 0.4) is 0 Å². The highest BCUT2D eigenvalue weighted by molar-refractivity contribution is 5.47. The van der Waals surface area contributed by atoms with Gasteiger partial charge in [0.1, 0.15) is 5.82 Å². The third kappa shape index (κ3) is 1.72. The molecule has 1 aliphatic rings. The molecule has 0 atom stereocenters. The van der Waals surface area contributed by atoms with Gasteiger partial charge in [0.2, 0.25) is 0 Å². The molecule has 0 radical (unpaired) electrons. The van der Waals surface area contributed by atoms with Crippen LogP contribution in [0.15, 0.2) is 24.8 Å². The summed E-state index contributed by atoms with van der Waals surface area (Å²) >= 11 is 0. The lowest BCUT2D eigenvalue weighted by molar-refractivity contribution is 0.813. The highest BCUT2D eigenvalue weighted by Gasteiger charge is 2.09. The second-order valence-corrected chi connectivity index (χ2v) is 3.33.